The quantitative estimate of drug-likeness (QED) is 0.776. The summed E-state index contributed by atoms with van der Waals surface area (Å²) in [6, 6.07) is -0.242. The van der Waals surface area contributed by atoms with E-state index < -0.39 is 11.5 Å². The molecule has 1 rings (SSSR count). The lowest BCUT2D eigenvalue weighted by atomic mass is 9.93. The average Bonchev–Trinajstić information content (AvgIpc) is 2.83. The number of carbonyl (C=O) groups is 2. The van der Waals surface area contributed by atoms with Crippen molar-refractivity contribution in [1.82, 2.24) is 9.80 Å². The Morgan fingerprint density at radius 1 is 1.40 bits per heavy atom. The van der Waals surface area contributed by atoms with Crippen molar-refractivity contribution in [3.63, 3.8) is 0 Å². The van der Waals surface area contributed by atoms with Crippen molar-refractivity contribution in [2.75, 3.05) is 19.7 Å². The summed E-state index contributed by atoms with van der Waals surface area (Å²) in [5.74, 6) is -0.920. The Kier molecular flexibility index (Phi) is 5.80. The summed E-state index contributed by atoms with van der Waals surface area (Å²) in [5, 5.41) is 18.5. The molecule has 1 aliphatic heterocycles. The number of carboxylic acid groups (broad SMARTS) is 1. The Hall–Kier alpha value is -1.30. The SMILES string of the molecule is CCC1(C(=O)O)CCCN1C(=O)N(CCCO)C(C)C. The monoisotopic (exact) mass is 286 g/mol. The van der Waals surface area contributed by atoms with E-state index in [1.54, 1.807) is 4.90 Å². The van der Waals surface area contributed by atoms with Gasteiger partial charge in [-0.3, -0.25) is 0 Å². The third-order valence-electron chi connectivity index (χ3n) is 4.13. The number of nitrogens with zero attached hydrogens (tertiary/aromatic N) is 2. The zero-order chi connectivity index (χ0) is 15.3. The number of amides is 2. The number of aliphatic carboxylic acids is 1. The summed E-state index contributed by atoms with van der Waals surface area (Å²) in [5.41, 5.74) is -1.07. The van der Waals surface area contributed by atoms with Crippen molar-refractivity contribution in [2.45, 2.75) is 58.0 Å². The largest absolute Gasteiger partial charge is 0.479 e. The van der Waals surface area contributed by atoms with Gasteiger partial charge in [-0.25, -0.2) is 9.59 Å². The molecular formula is C14H26N2O4. The second kappa shape index (κ2) is 6.92. The second-order valence-electron chi connectivity index (χ2n) is 5.59. The van der Waals surface area contributed by atoms with Gasteiger partial charge in [-0.2, -0.15) is 0 Å². The molecule has 6 nitrogen and oxygen atoms in total. The molecule has 0 aromatic rings. The minimum Gasteiger partial charge on any atom is -0.479 e. The van der Waals surface area contributed by atoms with Crippen molar-refractivity contribution >= 4 is 12.0 Å². The summed E-state index contributed by atoms with van der Waals surface area (Å²) < 4.78 is 0. The minimum atomic E-state index is -1.07. The van der Waals surface area contributed by atoms with Crippen molar-refractivity contribution in [3.05, 3.63) is 0 Å². The molecule has 0 radical (unpaired) electrons. The molecule has 0 aliphatic carbocycles. The molecule has 1 heterocycles. The van der Waals surface area contributed by atoms with Gasteiger partial charge < -0.3 is 20.0 Å². The highest BCUT2D eigenvalue weighted by Crippen LogP contribution is 2.34. The van der Waals surface area contributed by atoms with E-state index in [-0.39, 0.29) is 18.7 Å². The van der Waals surface area contributed by atoms with E-state index >= 15 is 0 Å². The molecule has 1 saturated heterocycles. The van der Waals surface area contributed by atoms with Crippen molar-refractivity contribution in [2.24, 2.45) is 0 Å². The predicted molar refractivity (Wildman–Crippen MR) is 75.5 cm³/mol. The molecule has 1 atom stereocenters. The number of hydrogen-bond acceptors (Lipinski definition) is 3. The van der Waals surface area contributed by atoms with Crippen LogP contribution in [0.2, 0.25) is 0 Å². The molecule has 1 unspecified atom stereocenters. The number of likely N-dealkylation sites (tertiary alicyclic amines) is 1. The molecule has 0 aromatic carbocycles. The first-order valence-electron chi connectivity index (χ1n) is 7.33. The normalized spacial score (nSPS) is 22.4. The minimum absolute atomic E-state index is 0.0157. The van der Waals surface area contributed by atoms with E-state index in [2.05, 4.69) is 0 Å². The highest BCUT2D eigenvalue weighted by Gasteiger charge is 2.49. The van der Waals surface area contributed by atoms with Gasteiger partial charge in [0.25, 0.3) is 0 Å². The Labute approximate surface area is 120 Å². The Balaban J connectivity index is 2.95. The van der Waals surface area contributed by atoms with E-state index in [9.17, 15) is 14.7 Å². The molecule has 1 fully saturated rings. The molecule has 20 heavy (non-hydrogen) atoms. The second-order valence-corrected chi connectivity index (χ2v) is 5.59. The Morgan fingerprint density at radius 3 is 2.50 bits per heavy atom. The number of carboxylic acids is 1. The fraction of sp³-hybridized carbons (Fsp3) is 0.857. The number of rotatable bonds is 6. The molecule has 0 bridgehead atoms. The number of carbonyl (C=O) groups excluding carboxylic acids is 1. The van der Waals surface area contributed by atoms with Gasteiger partial charge in [0.05, 0.1) is 0 Å². The lowest BCUT2D eigenvalue weighted by molar-refractivity contribution is -0.148. The molecule has 2 N–H and O–H groups in total. The fourth-order valence-corrected chi connectivity index (χ4v) is 2.87. The molecule has 0 spiro atoms. The summed E-state index contributed by atoms with van der Waals surface area (Å²) in [6.07, 6.45) is 2.15. The summed E-state index contributed by atoms with van der Waals surface area (Å²) in [4.78, 5) is 27.5. The van der Waals surface area contributed by atoms with Gasteiger partial charge in [-0.1, -0.05) is 6.92 Å². The van der Waals surface area contributed by atoms with E-state index in [4.69, 9.17) is 5.11 Å². The van der Waals surface area contributed by atoms with E-state index in [1.165, 1.54) is 4.90 Å². The standard InChI is InChI=1S/C14H26N2O4/c1-4-14(12(18)19)7-5-9-16(14)13(20)15(11(2)3)8-6-10-17/h11,17H,4-10H2,1-3H3,(H,18,19). The fourth-order valence-electron chi connectivity index (χ4n) is 2.87. The smallest absolute Gasteiger partial charge is 0.329 e. The molecule has 2 amide bonds. The van der Waals surface area contributed by atoms with Gasteiger partial charge in [-0.15, -0.1) is 0 Å². The maximum Gasteiger partial charge on any atom is 0.329 e. The van der Waals surface area contributed by atoms with Crippen molar-refractivity contribution in [1.29, 1.82) is 0 Å². The topological polar surface area (TPSA) is 81.1 Å². The molecule has 0 aromatic heterocycles. The molecule has 0 saturated carbocycles. The van der Waals surface area contributed by atoms with Crippen LogP contribution in [-0.4, -0.2) is 63.3 Å². The van der Waals surface area contributed by atoms with Crippen LogP contribution in [-0.2, 0) is 4.79 Å². The van der Waals surface area contributed by atoms with Crippen LogP contribution < -0.4 is 0 Å². The van der Waals surface area contributed by atoms with Crippen LogP contribution in [0.15, 0.2) is 0 Å². The van der Waals surface area contributed by atoms with Gasteiger partial charge in [-0.05, 0) is 39.5 Å². The summed E-state index contributed by atoms with van der Waals surface area (Å²) in [6.45, 7) is 6.57. The van der Waals surface area contributed by atoms with Gasteiger partial charge in [0, 0.05) is 25.7 Å². The number of hydrogen-bond donors (Lipinski definition) is 2. The van der Waals surface area contributed by atoms with Gasteiger partial charge in [0.15, 0.2) is 0 Å². The van der Waals surface area contributed by atoms with E-state index in [0.29, 0.717) is 32.4 Å². The van der Waals surface area contributed by atoms with Gasteiger partial charge in [0.2, 0.25) is 0 Å². The van der Waals surface area contributed by atoms with Gasteiger partial charge in [0.1, 0.15) is 5.54 Å². The zero-order valence-electron chi connectivity index (χ0n) is 12.6. The highest BCUT2D eigenvalue weighted by molar-refractivity contribution is 5.87. The number of aliphatic hydroxyl groups excluding tert-OH is 1. The van der Waals surface area contributed by atoms with Crippen LogP contribution in [0.4, 0.5) is 4.79 Å². The van der Waals surface area contributed by atoms with Gasteiger partial charge >= 0.3 is 12.0 Å². The van der Waals surface area contributed by atoms with Crippen LogP contribution in [0.5, 0.6) is 0 Å². The maximum atomic E-state index is 12.7. The van der Waals surface area contributed by atoms with Crippen LogP contribution in [0.1, 0.15) is 46.5 Å². The molecule has 1 aliphatic rings. The third-order valence-corrected chi connectivity index (χ3v) is 4.13. The van der Waals surface area contributed by atoms with Crippen molar-refractivity contribution < 1.29 is 19.8 Å². The maximum absolute atomic E-state index is 12.7. The molecule has 116 valence electrons. The van der Waals surface area contributed by atoms with Crippen LogP contribution in [0.25, 0.3) is 0 Å². The van der Waals surface area contributed by atoms with Crippen LogP contribution >= 0.6 is 0 Å². The summed E-state index contributed by atoms with van der Waals surface area (Å²) in [7, 11) is 0. The first-order valence-corrected chi connectivity index (χ1v) is 7.33. The van der Waals surface area contributed by atoms with E-state index in [0.717, 1.165) is 6.42 Å². The van der Waals surface area contributed by atoms with Crippen LogP contribution in [0.3, 0.4) is 0 Å². The molecule has 6 heteroatoms. The summed E-state index contributed by atoms with van der Waals surface area (Å²) >= 11 is 0. The number of urea groups is 1. The first-order chi connectivity index (χ1) is 9.40. The lowest BCUT2D eigenvalue weighted by Crippen LogP contribution is -2.57. The Morgan fingerprint density at radius 2 is 2.05 bits per heavy atom. The average molecular weight is 286 g/mol. The molecular weight excluding hydrogens is 260 g/mol. The highest BCUT2D eigenvalue weighted by atomic mass is 16.4. The predicted octanol–water partition coefficient (Wildman–Crippen LogP) is 1.53. The third kappa shape index (κ3) is 3.06. The van der Waals surface area contributed by atoms with E-state index in [1.807, 2.05) is 20.8 Å². The van der Waals surface area contributed by atoms with Crippen LogP contribution in [0, 0.1) is 0 Å². The van der Waals surface area contributed by atoms with Crippen molar-refractivity contribution in [3.8, 4) is 0 Å². The number of aliphatic hydroxyl groups is 1. The Bertz CT molecular complexity index is 359. The zero-order valence-corrected chi connectivity index (χ0v) is 12.6. The first kappa shape index (κ1) is 16.8. The lowest BCUT2D eigenvalue weighted by Gasteiger charge is -2.39.